The lowest BCUT2D eigenvalue weighted by Gasteiger charge is -2.33. The summed E-state index contributed by atoms with van der Waals surface area (Å²) in [6, 6.07) is 6.89. The minimum atomic E-state index is -3.67. The van der Waals surface area contributed by atoms with E-state index < -0.39 is 15.6 Å². The minimum Gasteiger partial charge on any atom is -0.390 e. The Morgan fingerprint density at radius 3 is 2.39 bits per heavy atom. The molecule has 0 heterocycles. The third-order valence-electron chi connectivity index (χ3n) is 3.73. The van der Waals surface area contributed by atoms with Gasteiger partial charge in [-0.2, -0.15) is 0 Å². The van der Waals surface area contributed by atoms with Crippen LogP contribution in [0.5, 0.6) is 0 Å². The molecular weight excluding hydrogens is 250 g/mol. The van der Waals surface area contributed by atoms with Gasteiger partial charge in [0.2, 0.25) is 10.0 Å². The van der Waals surface area contributed by atoms with Crippen molar-refractivity contribution in [3.05, 3.63) is 29.8 Å². The van der Waals surface area contributed by atoms with Gasteiger partial charge in [-0.15, -0.1) is 0 Å². The van der Waals surface area contributed by atoms with Gasteiger partial charge in [0, 0.05) is 0 Å². The van der Waals surface area contributed by atoms with Crippen LogP contribution < -0.4 is 5.14 Å². The molecule has 0 unspecified atom stereocenters. The molecule has 1 aliphatic rings. The van der Waals surface area contributed by atoms with Crippen molar-refractivity contribution in [2.75, 3.05) is 0 Å². The number of aliphatic hydroxyl groups is 1. The summed E-state index contributed by atoms with van der Waals surface area (Å²) in [5.74, 6) is 0.166. The molecule has 100 valence electrons. The maximum absolute atomic E-state index is 11.6. The number of rotatable bonds is 2. The van der Waals surface area contributed by atoms with Gasteiger partial charge in [-0.05, 0) is 50.2 Å². The lowest BCUT2D eigenvalue weighted by molar-refractivity contribution is 0.0169. The van der Waals surface area contributed by atoms with Gasteiger partial charge < -0.3 is 5.11 Å². The predicted molar refractivity (Wildman–Crippen MR) is 69.6 cm³/mol. The summed E-state index contributed by atoms with van der Waals surface area (Å²) in [6.07, 6.45) is 2.96. The highest BCUT2D eigenvalue weighted by molar-refractivity contribution is 7.89. The van der Waals surface area contributed by atoms with Crippen molar-refractivity contribution in [2.45, 2.75) is 49.0 Å². The highest BCUT2D eigenvalue weighted by atomic mass is 32.2. The normalized spacial score (nSPS) is 29.2. The Morgan fingerprint density at radius 2 is 1.83 bits per heavy atom. The average molecular weight is 269 g/mol. The molecule has 4 nitrogen and oxygen atoms in total. The standard InChI is InChI=1S/C13H19NO3S/c1-13(15)8-6-10(7-9-13)11-4-2-3-5-12(11)18(14,16)17/h2-5,10,15H,6-9H2,1H3,(H2,14,16,17). The fourth-order valence-corrected chi connectivity index (χ4v) is 3.46. The molecule has 1 aliphatic carbocycles. The van der Waals surface area contributed by atoms with Gasteiger partial charge in [-0.3, -0.25) is 0 Å². The summed E-state index contributed by atoms with van der Waals surface area (Å²) in [5.41, 5.74) is 0.169. The molecule has 0 amide bonds. The molecule has 1 saturated carbocycles. The van der Waals surface area contributed by atoms with E-state index in [9.17, 15) is 13.5 Å². The second kappa shape index (κ2) is 4.64. The molecule has 1 aromatic carbocycles. The Balaban J connectivity index is 2.30. The third-order valence-corrected chi connectivity index (χ3v) is 4.71. The van der Waals surface area contributed by atoms with Crippen molar-refractivity contribution in [1.82, 2.24) is 0 Å². The molecule has 18 heavy (non-hydrogen) atoms. The van der Waals surface area contributed by atoms with Crippen LogP contribution in [0.15, 0.2) is 29.2 Å². The smallest absolute Gasteiger partial charge is 0.238 e. The predicted octanol–water partition coefficient (Wildman–Crippen LogP) is 1.74. The number of nitrogens with two attached hydrogens (primary N) is 1. The van der Waals surface area contributed by atoms with Crippen molar-refractivity contribution in [3.63, 3.8) is 0 Å². The highest BCUT2D eigenvalue weighted by Gasteiger charge is 2.31. The van der Waals surface area contributed by atoms with E-state index in [0.717, 1.165) is 18.4 Å². The van der Waals surface area contributed by atoms with E-state index in [2.05, 4.69) is 0 Å². The second-order valence-electron chi connectivity index (χ2n) is 5.35. The van der Waals surface area contributed by atoms with Crippen LogP contribution in [0.1, 0.15) is 44.1 Å². The maximum Gasteiger partial charge on any atom is 0.238 e. The first-order valence-electron chi connectivity index (χ1n) is 6.14. The SMILES string of the molecule is CC1(O)CCC(c2ccccc2S(N)(=O)=O)CC1. The summed E-state index contributed by atoms with van der Waals surface area (Å²) >= 11 is 0. The van der Waals surface area contributed by atoms with Crippen LogP contribution >= 0.6 is 0 Å². The Morgan fingerprint density at radius 1 is 1.28 bits per heavy atom. The minimum absolute atomic E-state index is 0.166. The van der Waals surface area contributed by atoms with Crippen molar-refractivity contribution >= 4 is 10.0 Å². The molecule has 5 heteroatoms. The van der Waals surface area contributed by atoms with Crippen molar-refractivity contribution < 1.29 is 13.5 Å². The molecular formula is C13H19NO3S. The fraction of sp³-hybridized carbons (Fsp3) is 0.538. The molecule has 0 saturated heterocycles. The fourth-order valence-electron chi connectivity index (χ4n) is 2.63. The van der Waals surface area contributed by atoms with Crippen LogP contribution in [0.3, 0.4) is 0 Å². The lowest BCUT2D eigenvalue weighted by atomic mass is 9.77. The number of primary sulfonamides is 1. The largest absolute Gasteiger partial charge is 0.390 e. The Hall–Kier alpha value is -0.910. The number of hydrogen-bond donors (Lipinski definition) is 2. The monoisotopic (exact) mass is 269 g/mol. The van der Waals surface area contributed by atoms with E-state index in [-0.39, 0.29) is 10.8 Å². The molecule has 1 fully saturated rings. The Bertz CT molecular complexity index is 527. The molecule has 0 aliphatic heterocycles. The van der Waals surface area contributed by atoms with Crippen LogP contribution in [0, 0.1) is 0 Å². The zero-order valence-corrected chi connectivity index (χ0v) is 11.3. The molecule has 0 spiro atoms. The third kappa shape index (κ3) is 2.91. The van der Waals surface area contributed by atoms with Crippen LogP contribution in [-0.2, 0) is 10.0 Å². The van der Waals surface area contributed by atoms with Gasteiger partial charge >= 0.3 is 0 Å². The van der Waals surface area contributed by atoms with Crippen molar-refractivity contribution in [2.24, 2.45) is 5.14 Å². The Labute approximate surface area is 108 Å². The molecule has 0 aromatic heterocycles. The molecule has 2 rings (SSSR count). The van der Waals surface area contributed by atoms with E-state index >= 15 is 0 Å². The van der Waals surface area contributed by atoms with Crippen molar-refractivity contribution in [1.29, 1.82) is 0 Å². The number of sulfonamides is 1. The van der Waals surface area contributed by atoms with Gasteiger partial charge in [0.1, 0.15) is 0 Å². The van der Waals surface area contributed by atoms with E-state index in [1.807, 2.05) is 19.1 Å². The van der Waals surface area contributed by atoms with Gasteiger partial charge in [-0.1, -0.05) is 18.2 Å². The van der Waals surface area contributed by atoms with E-state index in [4.69, 9.17) is 5.14 Å². The Kier molecular flexibility index (Phi) is 3.49. The van der Waals surface area contributed by atoms with Gasteiger partial charge in [0.05, 0.1) is 10.5 Å². The van der Waals surface area contributed by atoms with Crippen LogP contribution in [0.25, 0.3) is 0 Å². The summed E-state index contributed by atoms with van der Waals surface area (Å²) in [7, 11) is -3.67. The highest BCUT2D eigenvalue weighted by Crippen LogP contribution is 2.39. The molecule has 1 aromatic rings. The summed E-state index contributed by atoms with van der Waals surface area (Å²) in [4.78, 5) is 0.219. The molecule has 3 N–H and O–H groups in total. The first-order valence-corrected chi connectivity index (χ1v) is 7.68. The van der Waals surface area contributed by atoms with Crippen LogP contribution in [0.2, 0.25) is 0 Å². The zero-order valence-electron chi connectivity index (χ0n) is 10.5. The average Bonchev–Trinajstić information content (AvgIpc) is 2.28. The van der Waals surface area contributed by atoms with Crippen LogP contribution in [0.4, 0.5) is 0 Å². The summed E-state index contributed by atoms with van der Waals surface area (Å²) in [6.45, 7) is 1.83. The summed E-state index contributed by atoms with van der Waals surface area (Å²) < 4.78 is 23.1. The maximum atomic E-state index is 11.6. The first kappa shape index (κ1) is 13.5. The molecule has 0 atom stereocenters. The first-order chi connectivity index (χ1) is 8.30. The van der Waals surface area contributed by atoms with E-state index in [1.165, 1.54) is 0 Å². The van der Waals surface area contributed by atoms with Gasteiger partial charge in [0.25, 0.3) is 0 Å². The van der Waals surface area contributed by atoms with Crippen LogP contribution in [-0.4, -0.2) is 19.1 Å². The molecule has 0 radical (unpaired) electrons. The van der Waals surface area contributed by atoms with Gasteiger partial charge in [0.15, 0.2) is 0 Å². The lowest BCUT2D eigenvalue weighted by Crippen LogP contribution is -2.30. The topological polar surface area (TPSA) is 80.4 Å². The number of hydrogen-bond acceptors (Lipinski definition) is 3. The van der Waals surface area contributed by atoms with E-state index in [1.54, 1.807) is 12.1 Å². The van der Waals surface area contributed by atoms with Gasteiger partial charge in [-0.25, -0.2) is 13.6 Å². The summed E-state index contributed by atoms with van der Waals surface area (Å²) in [5, 5.41) is 15.2. The van der Waals surface area contributed by atoms with Crippen molar-refractivity contribution in [3.8, 4) is 0 Å². The second-order valence-corrected chi connectivity index (χ2v) is 6.88. The number of benzene rings is 1. The van der Waals surface area contributed by atoms with E-state index in [0.29, 0.717) is 12.8 Å². The zero-order chi connectivity index (χ0) is 13.4. The quantitative estimate of drug-likeness (QED) is 0.858. The molecule has 0 bridgehead atoms.